The quantitative estimate of drug-likeness (QED) is 0.396. The molecule has 0 saturated carbocycles. The van der Waals surface area contributed by atoms with Gasteiger partial charge in [0.15, 0.2) is 5.54 Å². The zero-order valence-electron chi connectivity index (χ0n) is 18.0. The molecule has 1 aromatic carbocycles. The molecule has 2 rings (SSSR count). The van der Waals surface area contributed by atoms with E-state index in [2.05, 4.69) is 9.98 Å². The number of rotatable bonds is 6. The lowest BCUT2D eigenvalue weighted by Gasteiger charge is -2.31. The van der Waals surface area contributed by atoms with Crippen LogP contribution in [0.5, 0.6) is 11.5 Å². The molecule has 0 N–H and O–H groups in total. The predicted octanol–water partition coefficient (Wildman–Crippen LogP) is 2.75. The highest BCUT2D eigenvalue weighted by molar-refractivity contribution is 6.21. The van der Waals surface area contributed by atoms with Gasteiger partial charge >= 0.3 is 11.9 Å². The fourth-order valence-electron chi connectivity index (χ4n) is 2.90. The molecule has 9 heteroatoms. The third kappa shape index (κ3) is 5.03. The number of hydrogen-bond acceptors (Lipinski definition) is 9. The molecule has 0 amide bonds. The first-order valence-electron chi connectivity index (χ1n) is 9.61. The molecule has 0 radical (unpaired) electrons. The van der Waals surface area contributed by atoms with Gasteiger partial charge in [-0.1, -0.05) is 0 Å². The second-order valence-electron chi connectivity index (χ2n) is 6.67. The number of ether oxygens (including phenoxy) is 4. The van der Waals surface area contributed by atoms with Crippen molar-refractivity contribution < 1.29 is 33.3 Å². The minimum Gasteiger partial charge on any atom is -0.480 e. The van der Waals surface area contributed by atoms with Gasteiger partial charge in [0.1, 0.15) is 17.5 Å². The molecule has 0 aromatic heterocycles. The Labute approximate surface area is 175 Å². The molecule has 9 nitrogen and oxygen atoms in total. The lowest BCUT2D eigenvalue weighted by molar-refractivity contribution is -0.133. The molecule has 0 bridgehead atoms. The Morgan fingerprint density at radius 3 is 2.23 bits per heavy atom. The summed E-state index contributed by atoms with van der Waals surface area (Å²) in [6, 6.07) is 3.71. The van der Waals surface area contributed by atoms with E-state index in [-0.39, 0.29) is 29.6 Å². The van der Waals surface area contributed by atoms with E-state index >= 15 is 0 Å². The van der Waals surface area contributed by atoms with Crippen molar-refractivity contribution >= 4 is 29.5 Å². The van der Waals surface area contributed by atoms with Crippen LogP contribution in [0.2, 0.25) is 0 Å². The summed E-state index contributed by atoms with van der Waals surface area (Å²) < 4.78 is 21.5. The molecule has 1 aliphatic heterocycles. The number of Topliss-reactive ketones (excluding diaryl/α,β-unsaturated/α-hetero) is 1. The fourth-order valence-corrected chi connectivity index (χ4v) is 2.90. The monoisotopic (exact) mass is 418 g/mol. The lowest BCUT2D eigenvalue weighted by Crippen LogP contribution is -2.49. The second kappa shape index (κ2) is 9.51. The van der Waals surface area contributed by atoms with Crippen LogP contribution in [0.25, 0.3) is 0 Å². The fraction of sp³-hybridized carbons (Fsp3) is 0.476. The van der Waals surface area contributed by atoms with Crippen LogP contribution >= 0.6 is 0 Å². The number of esters is 2. The van der Waals surface area contributed by atoms with E-state index in [4.69, 9.17) is 18.9 Å². The minimum atomic E-state index is -1.56. The summed E-state index contributed by atoms with van der Waals surface area (Å²) in [7, 11) is 0. The Kier molecular flexibility index (Phi) is 7.31. The van der Waals surface area contributed by atoms with Crippen LogP contribution in [0.3, 0.4) is 0 Å². The van der Waals surface area contributed by atoms with Crippen molar-refractivity contribution in [2.24, 2.45) is 9.98 Å². The maximum atomic E-state index is 13.6. The zero-order valence-corrected chi connectivity index (χ0v) is 18.0. The maximum Gasteiger partial charge on any atom is 0.308 e. The van der Waals surface area contributed by atoms with E-state index in [0.29, 0.717) is 12.5 Å². The van der Waals surface area contributed by atoms with Gasteiger partial charge in [-0.25, -0.2) is 9.98 Å². The van der Waals surface area contributed by atoms with Crippen LogP contribution in [0.1, 0.15) is 51.9 Å². The van der Waals surface area contributed by atoms with Crippen LogP contribution in [0.4, 0.5) is 0 Å². The van der Waals surface area contributed by atoms with E-state index in [1.54, 1.807) is 27.7 Å². The second-order valence-corrected chi connectivity index (χ2v) is 6.67. The van der Waals surface area contributed by atoms with Gasteiger partial charge < -0.3 is 18.9 Å². The van der Waals surface area contributed by atoms with Gasteiger partial charge in [-0.15, -0.1) is 0 Å². The molecular formula is C21H26N2O7. The molecular weight excluding hydrogens is 392 g/mol. The molecule has 0 spiro atoms. The SMILES string of the molecule is CCOC1=N[C@](C)(C(=O)c2cc(OC(C)=O)ccc2OC(C)=O)C(OCC)=N[C@H]1C. The van der Waals surface area contributed by atoms with Crippen LogP contribution in [0.15, 0.2) is 28.2 Å². The van der Waals surface area contributed by atoms with E-state index in [0.717, 1.165) is 0 Å². The standard InChI is InChI=1S/C21H26N2O7/c1-7-27-19-12(3)22-20(28-8-2)21(6,23-19)18(26)16-11-15(29-13(4)24)9-10-17(16)30-14(5)25/h9-12H,7-8H2,1-6H3/t12-,21+/m0/s1. The summed E-state index contributed by atoms with van der Waals surface area (Å²) in [6.07, 6.45) is 0. The third-order valence-corrected chi connectivity index (χ3v) is 4.14. The van der Waals surface area contributed by atoms with Crippen molar-refractivity contribution in [1.82, 2.24) is 0 Å². The predicted molar refractivity (Wildman–Crippen MR) is 109 cm³/mol. The average molecular weight is 418 g/mol. The summed E-state index contributed by atoms with van der Waals surface area (Å²) in [5.74, 6) is -1.17. The Morgan fingerprint density at radius 2 is 1.67 bits per heavy atom. The van der Waals surface area contributed by atoms with Crippen molar-refractivity contribution in [3.05, 3.63) is 23.8 Å². The number of aliphatic imine (C=N–C) groups is 2. The summed E-state index contributed by atoms with van der Waals surface area (Å²) in [4.78, 5) is 45.5. The van der Waals surface area contributed by atoms with Crippen molar-refractivity contribution in [3.63, 3.8) is 0 Å². The molecule has 30 heavy (non-hydrogen) atoms. The van der Waals surface area contributed by atoms with E-state index in [1.165, 1.54) is 32.0 Å². The van der Waals surface area contributed by atoms with Crippen LogP contribution in [-0.2, 0) is 19.1 Å². The Balaban J connectivity index is 2.62. The number of hydrogen-bond donors (Lipinski definition) is 0. The lowest BCUT2D eigenvalue weighted by atomic mass is 9.89. The first kappa shape index (κ1) is 23.1. The summed E-state index contributed by atoms with van der Waals surface area (Å²) in [5, 5.41) is 0. The third-order valence-electron chi connectivity index (χ3n) is 4.14. The van der Waals surface area contributed by atoms with Crippen molar-refractivity contribution in [1.29, 1.82) is 0 Å². The van der Waals surface area contributed by atoms with E-state index in [1.807, 2.05) is 0 Å². The van der Waals surface area contributed by atoms with Gasteiger partial charge in [0.25, 0.3) is 0 Å². The molecule has 2 atom stereocenters. The Hall–Kier alpha value is -3.23. The molecule has 1 aliphatic rings. The van der Waals surface area contributed by atoms with Gasteiger partial charge in [0.05, 0.1) is 18.8 Å². The molecule has 0 unspecified atom stereocenters. The highest BCUT2D eigenvalue weighted by Crippen LogP contribution is 2.32. The Bertz CT molecular complexity index is 907. The van der Waals surface area contributed by atoms with E-state index < -0.39 is 29.3 Å². The Morgan fingerprint density at radius 1 is 1.03 bits per heavy atom. The highest BCUT2D eigenvalue weighted by Gasteiger charge is 2.46. The first-order chi connectivity index (χ1) is 14.1. The number of nitrogens with zero attached hydrogens (tertiary/aromatic N) is 2. The zero-order chi connectivity index (χ0) is 22.5. The maximum absolute atomic E-state index is 13.6. The summed E-state index contributed by atoms with van der Waals surface area (Å²) in [6.45, 7) is 9.99. The van der Waals surface area contributed by atoms with E-state index in [9.17, 15) is 14.4 Å². The number of carbonyl (C=O) groups excluding carboxylic acids is 3. The number of ketones is 1. The van der Waals surface area contributed by atoms with Gasteiger partial charge in [-0.05, 0) is 45.9 Å². The van der Waals surface area contributed by atoms with Crippen molar-refractivity contribution in [2.45, 2.75) is 53.1 Å². The van der Waals surface area contributed by atoms with Crippen LogP contribution in [-0.4, -0.2) is 54.3 Å². The topological polar surface area (TPSA) is 113 Å². The highest BCUT2D eigenvalue weighted by atomic mass is 16.5. The van der Waals surface area contributed by atoms with Gasteiger partial charge in [-0.2, -0.15) is 0 Å². The van der Waals surface area contributed by atoms with Gasteiger partial charge in [0, 0.05) is 13.8 Å². The molecule has 162 valence electrons. The first-order valence-corrected chi connectivity index (χ1v) is 9.61. The van der Waals surface area contributed by atoms with Crippen molar-refractivity contribution in [2.75, 3.05) is 13.2 Å². The van der Waals surface area contributed by atoms with Crippen molar-refractivity contribution in [3.8, 4) is 11.5 Å². The summed E-state index contributed by atoms with van der Waals surface area (Å²) in [5.41, 5.74) is -1.57. The molecule has 1 heterocycles. The minimum absolute atomic E-state index is 0.00648. The molecule has 0 aliphatic carbocycles. The molecule has 1 aromatic rings. The molecule has 0 saturated heterocycles. The summed E-state index contributed by atoms with van der Waals surface area (Å²) >= 11 is 0. The molecule has 0 fully saturated rings. The normalized spacial score (nSPS) is 20.5. The van der Waals surface area contributed by atoms with Gasteiger partial charge in [-0.3, -0.25) is 14.4 Å². The smallest absolute Gasteiger partial charge is 0.308 e. The van der Waals surface area contributed by atoms with Crippen LogP contribution in [0, 0.1) is 0 Å². The number of carbonyl (C=O) groups is 3. The largest absolute Gasteiger partial charge is 0.480 e. The average Bonchev–Trinajstić information content (AvgIpc) is 2.66. The number of benzene rings is 1. The van der Waals surface area contributed by atoms with Crippen LogP contribution < -0.4 is 9.47 Å². The van der Waals surface area contributed by atoms with Gasteiger partial charge in [0.2, 0.25) is 17.6 Å².